The molecule has 4 atom stereocenters. The number of nitrogens with zero attached hydrogens (tertiary/aromatic N) is 3. The average Bonchev–Trinajstić information content (AvgIpc) is 3.30. The molecule has 1 saturated carbocycles. The highest BCUT2D eigenvalue weighted by atomic mass is 79.9. The molecule has 3 fully saturated rings. The van der Waals surface area contributed by atoms with E-state index in [9.17, 15) is 22.8 Å². The standard InChI is InChI=1S/C23H27BrF3N3O3/c1-13-19-9-18-14(8-15(24)11-28-18)12-29(19)20(31)22(13)5-2-17(10-22)30(21(32)23(25,26)27)16-3-6-33-7-4-16/h8,11,13,16-17,19H,2-7,9-10,12H2,1H3/t13?,17-,19?,22+/m1/s1. The molecule has 33 heavy (non-hydrogen) atoms. The van der Waals surface area contributed by atoms with Crippen LogP contribution in [0.5, 0.6) is 0 Å². The highest BCUT2D eigenvalue weighted by molar-refractivity contribution is 9.10. The fourth-order valence-corrected chi connectivity index (χ4v) is 6.97. The molecule has 180 valence electrons. The number of ether oxygens (including phenoxy) is 1. The summed E-state index contributed by atoms with van der Waals surface area (Å²) in [5, 5.41) is 0. The molecule has 0 radical (unpaired) electrons. The van der Waals surface area contributed by atoms with Gasteiger partial charge >= 0.3 is 12.1 Å². The molecule has 2 amide bonds. The van der Waals surface area contributed by atoms with Crippen molar-refractivity contribution in [3.8, 4) is 0 Å². The topological polar surface area (TPSA) is 62.7 Å². The molecule has 4 heterocycles. The number of amides is 2. The van der Waals surface area contributed by atoms with Crippen LogP contribution in [-0.2, 0) is 27.3 Å². The van der Waals surface area contributed by atoms with Crippen molar-refractivity contribution < 1.29 is 27.5 Å². The zero-order valence-electron chi connectivity index (χ0n) is 18.4. The third-order valence-electron chi connectivity index (χ3n) is 8.28. The van der Waals surface area contributed by atoms with Crippen molar-refractivity contribution >= 4 is 27.7 Å². The number of rotatable bonds is 2. The molecule has 1 aromatic heterocycles. The molecule has 0 aromatic carbocycles. The predicted octanol–water partition coefficient (Wildman–Crippen LogP) is 3.86. The third kappa shape index (κ3) is 3.77. The predicted molar refractivity (Wildman–Crippen MR) is 116 cm³/mol. The zero-order chi connectivity index (χ0) is 23.5. The van der Waals surface area contributed by atoms with Crippen LogP contribution in [0.4, 0.5) is 13.2 Å². The Balaban J connectivity index is 1.42. The Morgan fingerprint density at radius 1 is 1.27 bits per heavy atom. The number of pyridine rings is 1. The molecule has 3 aliphatic heterocycles. The lowest BCUT2D eigenvalue weighted by molar-refractivity contribution is -0.192. The molecule has 5 rings (SSSR count). The molecule has 4 aliphatic rings. The smallest absolute Gasteiger partial charge is 0.381 e. The van der Waals surface area contributed by atoms with Gasteiger partial charge in [-0.1, -0.05) is 6.92 Å². The van der Waals surface area contributed by atoms with E-state index in [4.69, 9.17) is 4.74 Å². The maximum absolute atomic E-state index is 13.7. The van der Waals surface area contributed by atoms with Crippen LogP contribution in [0.1, 0.15) is 50.3 Å². The Morgan fingerprint density at radius 2 is 2.00 bits per heavy atom. The molecule has 0 N–H and O–H groups in total. The van der Waals surface area contributed by atoms with Crippen LogP contribution >= 0.6 is 15.9 Å². The van der Waals surface area contributed by atoms with Gasteiger partial charge in [0.2, 0.25) is 5.91 Å². The second-order valence-corrected chi connectivity index (χ2v) is 10.8. The number of hydrogen-bond donors (Lipinski definition) is 0. The minimum absolute atomic E-state index is 0.0134. The van der Waals surface area contributed by atoms with Crippen molar-refractivity contribution in [3.63, 3.8) is 0 Å². The average molecular weight is 530 g/mol. The van der Waals surface area contributed by atoms with Gasteiger partial charge in [-0.2, -0.15) is 13.2 Å². The van der Waals surface area contributed by atoms with Gasteiger partial charge in [-0.3, -0.25) is 14.6 Å². The van der Waals surface area contributed by atoms with E-state index in [2.05, 4.69) is 20.9 Å². The summed E-state index contributed by atoms with van der Waals surface area (Å²) in [7, 11) is 0. The van der Waals surface area contributed by atoms with Crippen molar-refractivity contribution in [2.24, 2.45) is 11.3 Å². The van der Waals surface area contributed by atoms with Crippen LogP contribution < -0.4 is 0 Å². The first-order valence-electron chi connectivity index (χ1n) is 11.5. The highest BCUT2D eigenvalue weighted by Crippen LogP contribution is 2.55. The SMILES string of the molecule is CC1C2Cc3ncc(Br)cc3CN2C(=O)[C@]12CC[C@@H](N(C(=O)C(F)(F)F)C1CCOCC1)C2. The molecule has 10 heteroatoms. The van der Waals surface area contributed by atoms with E-state index in [0.717, 1.165) is 20.6 Å². The Morgan fingerprint density at radius 3 is 2.70 bits per heavy atom. The molecule has 2 unspecified atom stereocenters. The first kappa shape index (κ1) is 23.1. The van der Waals surface area contributed by atoms with Gasteiger partial charge in [0.05, 0.1) is 5.41 Å². The van der Waals surface area contributed by atoms with Crippen LogP contribution in [0.3, 0.4) is 0 Å². The lowest BCUT2D eigenvalue weighted by Crippen LogP contribution is -2.53. The largest absolute Gasteiger partial charge is 0.471 e. The molecule has 1 aliphatic carbocycles. The highest BCUT2D eigenvalue weighted by Gasteiger charge is 2.62. The van der Waals surface area contributed by atoms with E-state index in [1.165, 1.54) is 0 Å². The Kier molecular flexibility index (Phi) is 5.75. The number of aromatic nitrogens is 1. The summed E-state index contributed by atoms with van der Waals surface area (Å²) in [5.41, 5.74) is 1.25. The van der Waals surface area contributed by atoms with Crippen molar-refractivity contribution in [3.05, 3.63) is 28.0 Å². The molecular weight excluding hydrogens is 503 g/mol. The van der Waals surface area contributed by atoms with Gasteiger partial charge in [0, 0.05) is 60.7 Å². The first-order valence-corrected chi connectivity index (χ1v) is 12.3. The molecule has 1 aromatic rings. The Bertz CT molecular complexity index is 968. The van der Waals surface area contributed by atoms with Crippen LogP contribution in [0, 0.1) is 11.3 Å². The van der Waals surface area contributed by atoms with Crippen LogP contribution in [0.25, 0.3) is 0 Å². The van der Waals surface area contributed by atoms with E-state index >= 15 is 0 Å². The third-order valence-corrected chi connectivity index (χ3v) is 8.72. The van der Waals surface area contributed by atoms with E-state index in [1.807, 2.05) is 17.9 Å². The maximum Gasteiger partial charge on any atom is 0.471 e. The Labute approximate surface area is 199 Å². The van der Waals surface area contributed by atoms with Crippen LogP contribution in [0.15, 0.2) is 16.7 Å². The number of alkyl halides is 3. The second-order valence-electron chi connectivity index (χ2n) is 9.86. The minimum Gasteiger partial charge on any atom is -0.381 e. The normalized spacial score (nSPS) is 32.2. The fourth-order valence-electron chi connectivity index (χ4n) is 6.59. The lowest BCUT2D eigenvalue weighted by Gasteiger charge is -2.39. The van der Waals surface area contributed by atoms with Gasteiger partial charge in [-0.05, 0) is 65.6 Å². The quantitative estimate of drug-likeness (QED) is 0.583. The number of halogens is 4. The summed E-state index contributed by atoms with van der Waals surface area (Å²) in [5.74, 6) is -1.79. The monoisotopic (exact) mass is 529 g/mol. The number of fused-ring (bicyclic) bond motifs is 2. The summed E-state index contributed by atoms with van der Waals surface area (Å²) in [6.45, 7) is 3.19. The van der Waals surface area contributed by atoms with Crippen LogP contribution in [-0.4, -0.2) is 64.1 Å². The molecule has 2 saturated heterocycles. The van der Waals surface area contributed by atoms with Gasteiger partial charge in [-0.15, -0.1) is 0 Å². The number of carbonyl (C=O) groups excluding carboxylic acids is 2. The van der Waals surface area contributed by atoms with Gasteiger partial charge in [0.1, 0.15) is 0 Å². The number of hydrogen-bond acceptors (Lipinski definition) is 4. The van der Waals surface area contributed by atoms with Crippen LogP contribution in [0.2, 0.25) is 0 Å². The summed E-state index contributed by atoms with van der Waals surface area (Å²) < 4.78 is 46.8. The van der Waals surface area contributed by atoms with E-state index in [-0.39, 0.29) is 24.3 Å². The summed E-state index contributed by atoms with van der Waals surface area (Å²) in [6.07, 6.45) is -0.558. The van der Waals surface area contributed by atoms with E-state index in [0.29, 0.717) is 51.9 Å². The molecular formula is C23H27BrF3N3O3. The van der Waals surface area contributed by atoms with Crippen molar-refractivity contribution in [2.75, 3.05) is 13.2 Å². The summed E-state index contributed by atoms with van der Waals surface area (Å²) in [4.78, 5) is 33.7. The summed E-state index contributed by atoms with van der Waals surface area (Å²) in [6, 6.07) is 0.860. The van der Waals surface area contributed by atoms with Gasteiger partial charge in [-0.25, -0.2) is 0 Å². The van der Waals surface area contributed by atoms with Crippen molar-refractivity contribution in [1.82, 2.24) is 14.8 Å². The lowest BCUT2D eigenvalue weighted by atomic mass is 9.73. The van der Waals surface area contributed by atoms with Gasteiger partial charge in [0.15, 0.2) is 0 Å². The van der Waals surface area contributed by atoms with Gasteiger partial charge in [0.25, 0.3) is 0 Å². The molecule has 0 bridgehead atoms. The second kappa shape index (κ2) is 8.22. The Hall–Kier alpha value is -1.68. The summed E-state index contributed by atoms with van der Waals surface area (Å²) >= 11 is 3.44. The minimum atomic E-state index is -4.93. The first-order chi connectivity index (χ1) is 15.6. The molecule has 1 spiro atoms. The molecule has 6 nitrogen and oxygen atoms in total. The van der Waals surface area contributed by atoms with Crippen molar-refractivity contribution in [1.29, 1.82) is 0 Å². The van der Waals surface area contributed by atoms with Crippen molar-refractivity contribution in [2.45, 2.75) is 76.3 Å². The number of carbonyl (C=O) groups is 2. The van der Waals surface area contributed by atoms with E-state index < -0.39 is 29.6 Å². The zero-order valence-corrected chi connectivity index (χ0v) is 20.0. The van der Waals surface area contributed by atoms with Gasteiger partial charge < -0.3 is 14.5 Å². The van der Waals surface area contributed by atoms with E-state index in [1.54, 1.807) is 6.20 Å². The fraction of sp³-hybridized carbons (Fsp3) is 0.696. The maximum atomic E-state index is 13.7.